The molecule has 294 valence electrons. The van der Waals surface area contributed by atoms with Gasteiger partial charge in [-0.2, -0.15) is 25.0 Å². The van der Waals surface area contributed by atoms with E-state index in [1.54, 1.807) is 30.4 Å². The third kappa shape index (κ3) is 13.6. The zero-order chi connectivity index (χ0) is 41.4. The van der Waals surface area contributed by atoms with Gasteiger partial charge in [0, 0.05) is 5.88 Å². The fourth-order valence-electron chi connectivity index (χ4n) is 7.46. The van der Waals surface area contributed by atoms with Crippen LogP contribution in [0.3, 0.4) is 0 Å². The molecule has 0 radical (unpaired) electrons. The van der Waals surface area contributed by atoms with Crippen LogP contribution in [0, 0.1) is 17.8 Å². The Morgan fingerprint density at radius 3 is 1.61 bits per heavy atom. The normalized spacial score (nSPS) is 20.0. The quantitative estimate of drug-likeness (QED) is 0.119. The van der Waals surface area contributed by atoms with Crippen molar-refractivity contribution in [2.75, 3.05) is 0 Å². The Morgan fingerprint density at radius 2 is 1.18 bits per heavy atom. The van der Waals surface area contributed by atoms with E-state index in [2.05, 4.69) is 29.7 Å². The molecule has 4 fully saturated rings. The lowest BCUT2D eigenvalue weighted by atomic mass is 9.53. The van der Waals surface area contributed by atoms with Crippen molar-refractivity contribution in [3.8, 4) is 5.75 Å². The first kappa shape index (κ1) is 44.8. The van der Waals surface area contributed by atoms with E-state index in [0.717, 1.165) is 46.6 Å². The SMILES string of the molecule is CC(C)(N=C=O)c1cccc(C(C)(C)N=C=O)c1.O=C=NC12CC3CC(CC(C3)C1)C2.O=C=Nc1ccc(CCl)cc1.O=C=Nc1ccccc1OC(F)(F)F. The molecule has 0 amide bonds. The lowest BCUT2D eigenvalue weighted by Crippen LogP contribution is -2.49. The van der Waals surface area contributed by atoms with Crippen LogP contribution in [0.4, 0.5) is 24.5 Å². The summed E-state index contributed by atoms with van der Waals surface area (Å²) < 4.78 is 39.0. The number of hydrogen-bond acceptors (Lipinski definition) is 11. The molecule has 0 heterocycles. The first-order valence-corrected chi connectivity index (χ1v) is 18.1. The summed E-state index contributed by atoms with van der Waals surface area (Å²) in [6.45, 7) is 7.31. The standard InChI is InChI=1S/C14H16N2O2.C11H15NO.C8H6ClNO.C8H4F3NO2/c1-13(2,15-9-17)11-6-5-7-12(8-11)14(3,4)16-10-18;13-7-12-11-4-8-1-9(5-11)3-10(2-8)6-11;9-5-7-1-3-8(4-2-7)10-6-11;9-8(10,11)14-7-4-2-1-3-6(7)12-5-13/h5-8H,1-4H3;8-10H,1-6H2;1-4H,5H2;1-4H. The van der Waals surface area contributed by atoms with Crippen molar-refractivity contribution in [2.45, 2.75) is 95.1 Å². The lowest BCUT2D eigenvalue weighted by molar-refractivity contribution is -0.274. The van der Waals surface area contributed by atoms with E-state index < -0.39 is 23.2 Å². The van der Waals surface area contributed by atoms with Gasteiger partial charge >= 0.3 is 6.36 Å². The number of para-hydroxylation sites is 2. The largest absolute Gasteiger partial charge is 0.573 e. The van der Waals surface area contributed by atoms with Crippen molar-refractivity contribution in [2.24, 2.45) is 42.7 Å². The van der Waals surface area contributed by atoms with Gasteiger partial charge < -0.3 is 4.74 Å². The van der Waals surface area contributed by atoms with Gasteiger partial charge in [-0.3, -0.25) is 0 Å². The van der Waals surface area contributed by atoms with Crippen LogP contribution in [0.1, 0.15) is 82.9 Å². The number of rotatable bonds is 9. The van der Waals surface area contributed by atoms with E-state index in [4.69, 9.17) is 11.6 Å². The second kappa shape index (κ2) is 20.4. The van der Waals surface area contributed by atoms with Gasteiger partial charge in [-0.05, 0) is 125 Å². The average molecular weight is 792 g/mol. The molecule has 7 rings (SSSR count). The second-order valence-corrected chi connectivity index (χ2v) is 14.9. The van der Waals surface area contributed by atoms with Crippen LogP contribution < -0.4 is 4.74 Å². The minimum absolute atomic E-state index is 0.0521. The molecule has 4 aliphatic rings. The van der Waals surface area contributed by atoms with E-state index in [-0.39, 0.29) is 11.2 Å². The molecule has 0 atom stereocenters. The van der Waals surface area contributed by atoms with Crippen LogP contribution in [-0.2, 0) is 40.9 Å². The van der Waals surface area contributed by atoms with Crippen LogP contribution in [0.2, 0.25) is 0 Å². The molecule has 56 heavy (non-hydrogen) atoms. The number of carbonyl (C=O) groups excluding carboxylic acids is 5. The summed E-state index contributed by atoms with van der Waals surface area (Å²) in [5.74, 6) is 2.59. The zero-order valence-electron chi connectivity index (χ0n) is 31.3. The molecule has 11 nitrogen and oxygen atoms in total. The third-order valence-corrected chi connectivity index (χ3v) is 10.0. The maximum Gasteiger partial charge on any atom is 0.573 e. The molecule has 15 heteroatoms. The van der Waals surface area contributed by atoms with Crippen molar-refractivity contribution < 1.29 is 41.9 Å². The number of isocyanates is 5. The number of nitrogens with zero attached hydrogens (tertiary/aromatic N) is 5. The Labute approximate surface area is 327 Å². The Kier molecular flexibility index (Phi) is 16.3. The number of alkyl halides is 4. The number of ether oxygens (including phenoxy) is 1. The highest BCUT2D eigenvalue weighted by Gasteiger charge is 2.51. The van der Waals surface area contributed by atoms with E-state index in [9.17, 15) is 37.1 Å². The summed E-state index contributed by atoms with van der Waals surface area (Å²) in [6, 6.07) is 19.6. The molecule has 0 unspecified atom stereocenters. The molecule has 3 aromatic carbocycles. The van der Waals surface area contributed by atoms with Crippen molar-refractivity contribution in [1.82, 2.24) is 0 Å². The van der Waals surface area contributed by atoms with Crippen molar-refractivity contribution in [1.29, 1.82) is 0 Å². The molecule has 3 aromatic rings. The van der Waals surface area contributed by atoms with Gasteiger partial charge in [0.25, 0.3) is 0 Å². The fraction of sp³-hybridized carbons (Fsp3) is 0.439. The maximum absolute atomic E-state index is 11.8. The van der Waals surface area contributed by atoms with Gasteiger partial charge in [-0.15, -0.1) is 24.8 Å². The van der Waals surface area contributed by atoms with Crippen LogP contribution >= 0.6 is 11.6 Å². The van der Waals surface area contributed by atoms with Gasteiger partial charge in [0.05, 0.1) is 22.3 Å². The number of benzene rings is 3. The van der Waals surface area contributed by atoms with Gasteiger partial charge in [-0.1, -0.05) is 48.5 Å². The third-order valence-electron chi connectivity index (χ3n) is 9.74. The van der Waals surface area contributed by atoms with Gasteiger partial charge in [0.1, 0.15) is 5.69 Å². The summed E-state index contributed by atoms with van der Waals surface area (Å²) in [6.07, 6.45) is 10.5. The molecule has 0 aliphatic heterocycles. The molecule has 0 aromatic heterocycles. The summed E-state index contributed by atoms with van der Waals surface area (Å²) in [7, 11) is 0. The zero-order valence-corrected chi connectivity index (χ0v) is 32.1. The van der Waals surface area contributed by atoms with Crippen molar-refractivity contribution >= 4 is 53.4 Å². The molecule has 0 saturated heterocycles. The summed E-state index contributed by atoms with van der Waals surface area (Å²) >= 11 is 5.55. The summed E-state index contributed by atoms with van der Waals surface area (Å²) in [5, 5.41) is 0. The van der Waals surface area contributed by atoms with E-state index in [0.29, 0.717) is 11.6 Å². The predicted octanol–water partition coefficient (Wildman–Crippen LogP) is 10.1. The number of hydrogen-bond donors (Lipinski definition) is 0. The summed E-state index contributed by atoms with van der Waals surface area (Å²) in [4.78, 5) is 69.1. The fourth-order valence-corrected chi connectivity index (χ4v) is 7.64. The minimum Gasteiger partial charge on any atom is -0.403 e. The first-order valence-electron chi connectivity index (χ1n) is 17.6. The van der Waals surface area contributed by atoms with E-state index >= 15 is 0 Å². The molecule has 0 N–H and O–H groups in total. The molecule has 4 saturated carbocycles. The predicted molar refractivity (Wildman–Crippen MR) is 202 cm³/mol. The van der Waals surface area contributed by atoms with E-state index in [1.807, 2.05) is 64.1 Å². The van der Waals surface area contributed by atoms with Crippen LogP contribution in [0.15, 0.2) is 97.8 Å². The van der Waals surface area contributed by atoms with Crippen molar-refractivity contribution in [3.05, 3.63) is 89.5 Å². The number of aliphatic imine (C=N–C) groups is 5. The lowest BCUT2D eigenvalue weighted by Gasteiger charge is -2.54. The number of halogens is 4. The monoisotopic (exact) mass is 791 g/mol. The van der Waals surface area contributed by atoms with Crippen LogP contribution in [-0.4, -0.2) is 42.3 Å². The molecule has 4 bridgehead atoms. The Hall–Kier alpha value is -5.56. The second-order valence-electron chi connectivity index (χ2n) is 14.7. The molecular formula is C41H41ClF3N5O6. The summed E-state index contributed by atoms with van der Waals surface area (Å²) in [5.41, 5.74) is 1.92. The highest BCUT2D eigenvalue weighted by Crippen LogP contribution is 2.57. The smallest absolute Gasteiger partial charge is 0.403 e. The maximum atomic E-state index is 11.8. The average Bonchev–Trinajstić information content (AvgIpc) is 3.13. The topological polar surface area (TPSA) is 156 Å². The van der Waals surface area contributed by atoms with Gasteiger partial charge in [0.2, 0.25) is 30.4 Å². The first-order chi connectivity index (χ1) is 26.5. The Bertz CT molecular complexity index is 1960. The van der Waals surface area contributed by atoms with Gasteiger partial charge in [-0.25, -0.2) is 24.0 Å². The van der Waals surface area contributed by atoms with Crippen molar-refractivity contribution in [3.63, 3.8) is 0 Å². The highest BCUT2D eigenvalue weighted by atomic mass is 35.5. The molecule has 0 spiro atoms. The van der Waals surface area contributed by atoms with Crippen LogP contribution in [0.5, 0.6) is 5.75 Å². The minimum atomic E-state index is -4.80. The van der Waals surface area contributed by atoms with Gasteiger partial charge in [0.15, 0.2) is 5.75 Å². The highest BCUT2D eigenvalue weighted by molar-refractivity contribution is 6.17. The Morgan fingerprint density at radius 1 is 0.679 bits per heavy atom. The van der Waals surface area contributed by atoms with E-state index in [1.165, 1.54) is 62.8 Å². The Balaban J connectivity index is 0.000000203. The van der Waals surface area contributed by atoms with Crippen LogP contribution in [0.25, 0.3) is 0 Å². The molecule has 4 aliphatic carbocycles. The molecular weight excluding hydrogens is 751 g/mol.